The van der Waals surface area contributed by atoms with Crippen LogP contribution in [0.3, 0.4) is 0 Å². The molecule has 0 amide bonds. The van der Waals surface area contributed by atoms with Crippen molar-refractivity contribution in [1.82, 2.24) is 14.5 Å². The lowest BCUT2D eigenvalue weighted by molar-refractivity contribution is 0.483. The number of hydrogen-bond donors (Lipinski definition) is 0. The van der Waals surface area contributed by atoms with Crippen molar-refractivity contribution >= 4 is 44.6 Å². The molecule has 1 aliphatic rings. The molecule has 5 aromatic carbocycles. The van der Waals surface area contributed by atoms with Crippen molar-refractivity contribution in [3.63, 3.8) is 0 Å². The van der Waals surface area contributed by atoms with E-state index in [1.54, 1.807) is 0 Å². The molecule has 1 aliphatic heterocycles. The molecule has 55 heavy (non-hydrogen) atoms. The van der Waals surface area contributed by atoms with Gasteiger partial charge in [-0.15, -0.1) is 0 Å². The van der Waals surface area contributed by atoms with Crippen molar-refractivity contribution in [3.8, 4) is 28.4 Å². The Hall–Kier alpha value is -6.40. The SMILES string of the molecule is CC(C)(C)c1ccnc(-n2c3cnccc3c3ccc(Oc4cccc(N5CN(c6cc(C(C)(C)C)ccc6-c6ccccc6)c6ccccc65)c4)cc32)c1. The van der Waals surface area contributed by atoms with E-state index in [1.807, 2.05) is 24.7 Å². The van der Waals surface area contributed by atoms with Gasteiger partial charge in [0.1, 0.15) is 24.0 Å². The number of hydrogen-bond acceptors (Lipinski definition) is 5. The van der Waals surface area contributed by atoms with Crippen molar-refractivity contribution in [2.45, 2.75) is 52.4 Å². The van der Waals surface area contributed by atoms with Crippen LogP contribution in [0.2, 0.25) is 0 Å². The molecule has 0 atom stereocenters. The van der Waals surface area contributed by atoms with Crippen LogP contribution in [0.1, 0.15) is 52.7 Å². The van der Waals surface area contributed by atoms with Crippen LogP contribution in [-0.2, 0) is 10.8 Å². The quantitative estimate of drug-likeness (QED) is 0.171. The van der Waals surface area contributed by atoms with Crippen LogP contribution in [0.4, 0.5) is 22.7 Å². The lowest BCUT2D eigenvalue weighted by atomic mass is 9.85. The van der Waals surface area contributed by atoms with Gasteiger partial charge < -0.3 is 14.5 Å². The normalized spacial score (nSPS) is 13.1. The van der Waals surface area contributed by atoms with Crippen LogP contribution in [0.25, 0.3) is 38.8 Å². The van der Waals surface area contributed by atoms with E-state index in [2.05, 4.69) is 188 Å². The van der Waals surface area contributed by atoms with Gasteiger partial charge in [-0.1, -0.05) is 102 Å². The molecule has 8 aromatic rings. The van der Waals surface area contributed by atoms with E-state index in [-0.39, 0.29) is 10.8 Å². The fourth-order valence-electron chi connectivity index (χ4n) is 7.74. The molecule has 9 rings (SSSR count). The summed E-state index contributed by atoms with van der Waals surface area (Å²) < 4.78 is 8.89. The van der Waals surface area contributed by atoms with Crippen LogP contribution in [0, 0.1) is 0 Å². The first-order valence-corrected chi connectivity index (χ1v) is 19.0. The highest BCUT2D eigenvalue weighted by Gasteiger charge is 2.30. The highest BCUT2D eigenvalue weighted by molar-refractivity contribution is 6.09. The maximum atomic E-state index is 6.69. The highest BCUT2D eigenvalue weighted by Crippen LogP contribution is 2.48. The molecule has 0 aliphatic carbocycles. The first kappa shape index (κ1) is 34.4. The molecule has 6 heteroatoms. The summed E-state index contributed by atoms with van der Waals surface area (Å²) >= 11 is 0. The second-order valence-corrected chi connectivity index (χ2v) is 16.5. The number of para-hydroxylation sites is 2. The molecule has 0 saturated heterocycles. The number of aromatic nitrogens is 3. The summed E-state index contributed by atoms with van der Waals surface area (Å²) in [4.78, 5) is 14.2. The van der Waals surface area contributed by atoms with Gasteiger partial charge in [0.25, 0.3) is 0 Å². The van der Waals surface area contributed by atoms with Gasteiger partial charge >= 0.3 is 0 Å². The zero-order valence-electron chi connectivity index (χ0n) is 32.3. The summed E-state index contributed by atoms with van der Waals surface area (Å²) in [5.74, 6) is 2.38. The zero-order chi connectivity index (χ0) is 37.9. The van der Waals surface area contributed by atoms with E-state index in [0.717, 1.165) is 50.5 Å². The fourth-order valence-corrected chi connectivity index (χ4v) is 7.74. The van der Waals surface area contributed by atoms with Gasteiger partial charge in [-0.25, -0.2) is 4.98 Å². The fraction of sp³-hybridized carbons (Fsp3) is 0.184. The number of nitrogens with zero attached hydrogens (tertiary/aromatic N) is 5. The monoisotopic (exact) mass is 719 g/mol. The number of ether oxygens (including phenoxy) is 1. The second-order valence-electron chi connectivity index (χ2n) is 16.5. The molecule has 0 radical (unpaired) electrons. The minimum Gasteiger partial charge on any atom is -0.457 e. The van der Waals surface area contributed by atoms with Crippen LogP contribution < -0.4 is 14.5 Å². The lowest BCUT2D eigenvalue weighted by Crippen LogP contribution is -2.25. The van der Waals surface area contributed by atoms with Gasteiger partial charge in [-0.2, -0.15) is 0 Å². The van der Waals surface area contributed by atoms with Gasteiger partial charge in [0.05, 0.1) is 34.3 Å². The Morgan fingerprint density at radius 3 is 2.04 bits per heavy atom. The highest BCUT2D eigenvalue weighted by atomic mass is 16.5. The molecule has 4 heterocycles. The van der Waals surface area contributed by atoms with Gasteiger partial charge in [0.15, 0.2) is 0 Å². The molecule has 6 nitrogen and oxygen atoms in total. The van der Waals surface area contributed by atoms with Gasteiger partial charge in [-0.3, -0.25) is 9.55 Å². The van der Waals surface area contributed by atoms with E-state index in [1.165, 1.54) is 33.6 Å². The summed E-state index contributed by atoms with van der Waals surface area (Å²) in [5, 5.41) is 2.25. The Kier molecular flexibility index (Phi) is 8.23. The maximum absolute atomic E-state index is 6.69. The van der Waals surface area contributed by atoms with E-state index in [9.17, 15) is 0 Å². The van der Waals surface area contributed by atoms with Crippen LogP contribution >= 0.6 is 0 Å². The molecule has 0 fully saturated rings. The summed E-state index contributed by atoms with van der Waals surface area (Å²) in [7, 11) is 0. The molecule has 0 unspecified atom stereocenters. The van der Waals surface area contributed by atoms with Gasteiger partial charge in [-0.05, 0) is 88.2 Å². The van der Waals surface area contributed by atoms with Crippen molar-refractivity contribution in [3.05, 3.63) is 163 Å². The van der Waals surface area contributed by atoms with E-state index in [0.29, 0.717) is 6.67 Å². The van der Waals surface area contributed by atoms with Crippen molar-refractivity contribution in [2.24, 2.45) is 0 Å². The third-order valence-electron chi connectivity index (χ3n) is 10.7. The average Bonchev–Trinajstić information content (AvgIpc) is 3.74. The molecule has 0 saturated carbocycles. The van der Waals surface area contributed by atoms with E-state index in [4.69, 9.17) is 9.72 Å². The molecular formula is C49H45N5O. The average molecular weight is 720 g/mol. The first-order valence-electron chi connectivity index (χ1n) is 19.0. The molecular weight excluding hydrogens is 675 g/mol. The van der Waals surface area contributed by atoms with Crippen LogP contribution in [0.15, 0.2) is 152 Å². The third kappa shape index (κ3) is 6.27. The van der Waals surface area contributed by atoms with Gasteiger partial charge in [0, 0.05) is 46.5 Å². The Bertz CT molecular complexity index is 2700. The molecule has 0 N–H and O–H groups in total. The van der Waals surface area contributed by atoms with Crippen molar-refractivity contribution in [2.75, 3.05) is 16.5 Å². The first-order chi connectivity index (χ1) is 26.5. The van der Waals surface area contributed by atoms with Crippen molar-refractivity contribution in [1.29, 1.82) is 0 Å². The van der Waals surface area contributed by atoms with Gasteiger partial charge in [0.2, 0.25) is 0 Å². The Labute approximate surface area is 323 Å². The number of rotatable bonds is 6. The topological polar surface area (TPSA) is 46.4 Å². The van der Waals surface area contributed by atoms with Crippen LogP contribution in [0.5, 0.6) is 11.5 Å². The molecule has 272 valence electrons. The Balaban J connectivity index is 1.09. The van der Waals surface area contributed by atoms with E-state index >= 15 is 0 Å². The summed E-state index contributed by atoms with van der Waals surface area (Å²) in [5.41, 5.74) is 11.6. The van der Waals surface area contributed by atoms with Crippen molar-refractivity contribution < 1.29 is 4.74 Å². The smallest absolute Gasteiger partial charge is 0.137 e. The largest absolute Gasteiger partial charge is 0.457 e. The number of benzene rings is 5. The zero-order valence-corrected chi connectivity index (χ0v) is 32.3. The number of fused-ring (bicyclic) bond motifs is 4. The summed E-state index contributed by atoms with van der Waals surface area (Å²) in [6.45, 7) is 14.2. The minimum atomic E-state index is -0.0124. The molecule has 0 bridgehead atoms. The predicted molar refractivity (Wildman–Crippen MR) is 228 cm³/mol. The Morgan fingerprint density at radius 1 is 0.545 bits per heavy atom. The molecule has 0 spiro atoms. The molecule has 3 aromatic heterocycles. The summed E-state index contributed by atoms with van der Waals surface area (Å²) in [6.07, 6.45) is 5.67. The second kappa shape index (κ2) is 13.2. The van der Waals surface area contributed by atoms with E-state index < -0.39 is 0 Å². The lowest BCUT2D eigenvalue weighted by Gasteiger charge is -2.27. The Morgan fingerprint density at radius 2 is 1.25 bits per heavy atom. The van der Waals surface area contributed by atoms with Crippen LogP contribution in [-0.4, -0.2) is 21.2 Å². The maximum Gasteiger partial charge on any atom is 0.137 e. The number of anilines is 4. The minimum absolute atomic E-state index is 0.00973. The number of pyridine rings is 2. The third-order valence-corrected chi connectivity index (χ3v) is 10.7. The predicted octanol–water partition coefficient (Wildman–Crippen LogP) is 12.9. The standard InChI is InChI=1S/C49H45N5O/c1-48(2,3)34-19-21-39(33-13-8-7-9-14-33)44(27-34)53-32-52(42-17-10-11-18-43(42)53)36-15-12-16-37(29-36)55-38-20-22-40-41-24-25-50-31-46(41)54(45(40)30-38)47-28-35(23-26-51-47)49(4,5)6/h7-31H,32H2,1-6H3. The summed E-state index contributed by atoms with van der Waals surface area (Å²) in [6, 6.07) is 47.4.